The summed E-state index contributed by atoms with van der Waals surface area (Å²) in [7, 11) is 0. The lowest BCUT2D eigenvalue weighted by molar-refractivity contribution is -0.192. The van der Waals surface area contributed by atoms with Gasteiger partial charge >= 0.3 is 30.2 Å². The van der Waals surface area contributed by atoms with Crippen molar-refractivity contribution in [3.05, 3.63) is 35.9 Å². The maximum atomic E-state index is 13.7. The van der Waals surface area contributed by atoms with Crippen molar-refractivity contribution in [3.8, 4) is 0 Å². The molecule has 0 spiro atoms. The van der Waals surface area contributed by atoms with Gasteiger partial charge in [0.2, 0.25) is 0 Å². The second-order valence-electron chi connectivity index (χ2n) is 12.9. The standard InChI is InChI=1S/C28H42N2O6.C2HF3O2/c1-27(2,3)35-25(33)23(29-14-12-20(13-15-29)24(31)32)22(16-19-10-8-7-9-11-19)21-17-30(18-21)26(34)36-28(4,5)6;3-2(4,5)1(6)7/h7-11,20-23H,12-18H2,1-6H3,(H,31,32);(H,6,7)/t22-,23?;/m1./s1. The lowest BCUT2D eigenvalue weighted by atomic mass is 9.76. The number of carboxylic acid groups (broad SMARTS) is 2. The maximum absolute atomic E-state index is 13.7. The molecule has 2 heterocycles. The quantitative estimate of drug-likeness (QED) is 0.413. The highest BCUT2D eigenvalue weighted by molar-refractivity contribution is 5.77. The van der Waals surface area contributed by atoms with Crippen molar-refractivity contribution < 1.29 is 52.0 Å². The molecule has 2 saturated heterocycles. The number of carbonyl (C=O) groups is 4. The molecule has 2 atom stereocenters. The Morgan fingerprint density at radius 3 is 1.79 bits per heavy atom. The fourth-order valence-corrected chi connectivity index (χ4v) is 5.06. The Morgan fingerprint density at radius 1 is 0.884 bits per heavy atom. The van der Waals surface area contributed by atoms with Gasteiger partial charge in [0, 0.05) is 13.1 Å². The minimum absolute atomic E-state index is 0.0902. The first-order valence-corrected chi connectivity index (χ1v) is 14.2. The predicted molar refractivity (Wildman–Crippen MR) is 150 cm³/mol. The molecule has 43 heavy (non-hydrogen) atoms. The van der Waals surface area contributed by atoms with Crippen molar-refractivity contribution in [2.75, 3.05) is 26.2 Å². The average molecular weight is 617 g/mol. The van der Waals surface area contributed by atoms with Crippen LogP contribution in [-0.4, -0.2) is 93.6 Å². The highest BCUT2D eigenvalue weighted by Gasteiger charge is 2.47. The third-order valence-corrected chi connectivity index (χ3v) is 7.05. The van der Waals surface area contributed by atoms with Crippen LogP contribution in [0.4, 0.5) is 18.0 Å². The van der Waals surface area contributed by atoms with Crippen LogP contribution in [0.1, 0.15) is 59.9 Å². The number of aliphatic carboxylic acids is 2. The van der Waals surface area contributed by atoms with E-state index in [0.717, 1.165) is 5.56 Å². The number of rotatable bonds is 7. The largest absolute Gasteiger partial charge is 0.490 e. The summed E-state index contributed by atoms with van der Waals surface area (Å²) >= 11 is 0. The van der Waals surface area contributed by atoms with E-state index in [1.807, 2.05) is 59.7 Å². The van der Waals surface area contributed by atoms with Crippen LogP contribution in [0.3, 0.4) is 0 Å². The normalized spacial score (nSPS) is 18.4. The van der Waals surface area contributed by atoms with Crippen LogP contribution in [0.25, 0.3) is 0 Å². The van der Waals surface area contributed by atoms with E-state index in [4.69, 9.17) is 19.4 Å². The van der Waals surface area contributed by atoms with Crippen molar-refractivity contribution in [1.82, 2.24) is 9.80 Å². The first-order chi connectivity index (χ1) is 19.7. The Bertz CT molecular complexity index is 1100. The van der Waals surface area contributed by atoms with Gasteiger partial charge in [-0.15, -0.1) is 0 Å². The van der Waals surface area contributed by atoms with Gasteiger partial charge in [-0.05, 0) is 91.3 Å². The fourth-order valence-electron chi connectivity index (χ4n) is 5.06. The van der Waals surface area contributed by atoms with E-state index < -0.39 is 35.4 Å². The number of benzene rings is 1. The molecule has 2 N–H and O–H groups in total. The molecule has 13 heteroatoms. The molecule has 0 bridgehead atoms. The van der Waals surface area contributed by atoms with Crippen molar-refractivity contribution >= 4 is 24.0 Å². The van der Waals surface area contributed by atoms with Gasteiger partial charge in [0.1, 0.15) is 17.2 Å². The molecule has 1 aromatic carbocycles. The number of halogens is 3. The topological polar surface area (TPSA) is 134 Å². The fraction of sp³-hybridized carbons (Fsp3) is 0.667. The van der Waals surface area contributed by atoms with Crippen LogP contribution in [0, 0.1) is 17.8 Å². The Morgan fingerprint density at radius 2 is 1.37 bits per heavy atom. The minimum Gasteiger partial charge on any atom is -0.481 e. The molecule has 1 unspecified atom stereocenters. The molecule has 0 aromatic heterocycles. The number of carboxylic acids is 2. The summed E-state index contributed by atoms with van der Waals surface area (Å²) < 4.78 is 43.2. The molecule has 1 aromatic rings. The number of piperidine rings is 1. The van der Waals surface area contributed by atoms with Crippen LogP contribution < -0.4 is 0 Å². The summed E-state index contributed by atoms with van der Waals surface area (Å²) in [4.78, 5) is 50.5. The molecule has 1 amide bonds. The number of hydrogen-bond acceptors (Lipinski definition) is 7. The smallest absolute Gasteiger partial charge is 0.481 e. The molecule has 10 nitrogen and oxygen atoms in total. The zero-order chi connectivity index (χ0) is 32.8. The van der Waals surface area contributed by atoms with Gasteiger partial charge in [-0.2, -0.15) is 13.2 Å². The van der Waals surface area contributed by atoms with E-state index in [-0.39, 0.29) is 29.8 Å². The Hall–Kier alpha value is -3.35. The molecule has 0 radical (unpaired) electrons. The van der Waals surface area contributed by atoms with Crippen LogP contribution >= 0.6 is 0 Å². The van der Waals surface area contributed by atoms with Gasteiger partial charge in [0.05, 0.1) is 5.92 Å². The van der Waals surface area contributed by atoms with Crippen molar-refractivity contribution in [2.24, 2.45) is 17.8 Å². The van der Waals surface area contributed by atoms with Crippen molar-refractivity contribution in [2.45, 2.75) is 84.2 Å². The van der Waals surface area contributed by atoms with E-state index in [9.17, 15) is 32.7 Å². The van der Waals surface area contributed by atoms with Gasteiger partial charge in [0.25, 0.3) is 0 Å². The van der Waals surface area contributed by atoms with Crippen molar-refractivity contribution in [1.29, 1.82) is 0 Å². The van der Waals surface area contributed by atoms with E-state index >= 15 is 0 Å². The molecule has 2 aliphatic rings. The number of likely N-dealkylation sites (tertiary alicyclic amines) is 2. The van der Waals surface area contributed by atoms with Crippen LogP contribution in [0.2, 0.25) is 0 Å². The molecule has 3 rings (SSSR count). The van der Waals surface area contributed by atoms with E-state index in [2.05, 4.69) is 17.0 Å². The summed E-state index contributed by atoms with van der Waals surface area (Å²) in [5.74, 6) is -4.22. The minimum atomic E-state index is -5.08. The third-order valence-electron chi connectivity index (χ3n) is 7.05. The molecule has 0 saturated carbocycles. The predicted octanol–water partition coefficient (Wildman–Crippen LogP) is 4.85. The Kier molecular flexibility index (Phi) is 12.0. The zero-order valence-corrected chi connectivity index (χ0v) is 25.5. The molecule has 2 fully saturated rings. The summed E-state index contributed by atoms with van der Waals surface area (Å²) in [6.07, 6.45) is -3.76. The first-order valence-electron chi connectivity index (χ1n) is 14.2. The van der Waals surface area contributed by atoms with Crippen LogP contribution in [-0.2, 0) is 30.3 Å². The van der Waals surface area contributed by atoms with Gasteiger partial charge < -0.3 is 24.6 Å². The summed E-state index contributed by atoms with van der Waals surface area (Å²) in [5, 5.41) is 16.6. The number of carbonyl (C=O) groups excluding carboxylic acids is 2. The second kappa shape index (κ2) is 14.4. The molecule has 0 aliphatic carbocycles. The number of hydrogen-bond donors (Lipinski definition) is 2. The number of ether oxygens (including phenoxy) is 2. The Balaban J connectivity index is 0.000000821. The Labute approximate surface area is 250 Å². The lowest BCUT2D eigenvalue weighted by Gasteiger charge is -2.48. The van der Waals surface area contributed by atoms with E-state index in [1.165, 1.54) is 0 Å². The van der Waals surface area contributed by atoms with Crippen LogP contribution in [0.5, 0.6) is 0 Å². The summed E-state index contributed by atoms with van der Waals surface area (Å²) in [6, 6.07) is 9.53. The highest BCUT2D eigenvalue weighted by atomic mass is 19.4. The van der Waals surface area contributed by atoms with E-state index in [0.29, 0.717) is 45.4 Å². The number of esters is 1. The van der Waals surface area contributed by atoms with E-state index in [1.54, 1.807) is 4.90 Å². The summed E-state index contributed by atoms with van der Waals surface area (Å²) in [5.41, 5.74) is -0.0972. The second-order valence-corrected chi connectivity index (χ2v) is 12.9. The molecular formula is C30H43F3N2O8. The number of nitrogens with zero attached hydrogens (tertiary/aromatic N) is 2. The van der Waals surface area contributed by atoms with Gasteiger partial charge in [-0.3, -0.25) is 14.5 Å². The summed E-state index contributed by atoms with van der Waals surface area (Å²) in [6.45, 7) is 13.2. The van der Waals surface area contributed by atoms with Gasteiger partial charge in [-0.1, -0.05) is 30.3 Å². The average Bonchev–Trinajstić information content (AvgIpc) is 2.81. The third kappa shape index (κ3) is 11.7. The monoisotopic (exact) mass is 616 g/mol. The van der Waals surface area contributed by atoms with Crippen LogP contribution in [0.15, 0.2) is 30.3 Å². The lowest BCUT2D eigenvalue weighted by Crippen LogP contribution is -2.61. The number of alkyl halides is 3. The van der Waals surface area contributed by atoms with Gasteiger partial charge in [0.15, 0.2) is 0 Å². The molecular weight excluding hydrogens is 573 g/mol. The molecule has 242 valence electrons. The zero-order valence-electron chi connectivity index (χ0n) is 25.5. The number of amides is 1. The highest BCUT2D eigenvalue weighted by Crippen LogP contribution is 2.35. The maximum Gasteiger partial charge on any atom is 0.490 e. The molecule has 2 aliphatic heterocycles. The van der Waals surface area contributed by atoms with Crippen molar-refractivity contribution in [3.63, 3.8) is 0 Å². The first kappa shape index (κ1) is 35.8. The van der Waals surface area contributed by atoms with Gasteiger partial charge in [-0.25, -0.2) is 9.59 Å². The SMILES string of the molecule is CC(C)(C)OC(=O)C([C@H](Cc1ccccc1)C1CN(C(=O)OC(C)(C)C)C1)N1CCC(C(=O)O)CC1.O=C(O)C(F)(F)F.